The van der Waals surface area contributed by atoms with Crippen LogP contribution in [0.1, 0.15) is 25.7 Å². The van der Waals surface area contributed by atoms with Gasteiger partial charge in [-0.2, -0.15) is 0 Å². The lowest BCUT2D eigenvalue weighted by atomic mass is 9.98. The summed E-state index contributed by atoms with van der Waals surface area (Å²) in [5.74, 6) is 2.29. The van der Waals surface area contributed by atoms with Gasteiger partial charge in [0.1, 0.15) is 11.9 Å². The van der Waals surface area contributed by atoms with Crippen molar-refractivity contribution < 1.29 is 27.9 Å². The SMILES string of the molecule is C#CCN1CCC(Oc2ccc(S(=O)(=O)C3(C(=O)NO)CCOCC3)cc2)CC1. The number of hydrogen-bond donors (Lipinski definition) is 2. The van der Waals surface area contributed by atoms with Gasteiger partial charge in [0.15, 0.2) is 14.6 Å². The summed E-state index contributed by atoms with van der Waals surface area (Å²) in [7, 11) is -4.03. The van der Waals surface area contributed by atoms with Gasteiger partial charge in [0.25, 0.3) is 5.91 Å². The first-order valence-corrected chi connectivity index (χ1v) is 11.1. The molecule has 2 heterocycles. The fourth-order valence-electron chi connectivity index (χ4n) is 3.85. The maximum absolute atomic E-state index is 13.2. The standard InChI is InChI=1S/C20H26N2O6S/c1-2-11-22-12-7-17(8-13-22)28-16-3-5-18(6-4-16)29(25,26)20(19(23)21-24)9-14-27-15-10-20/h1,3-6,17,24H,7-15H2,(H,21,23). The van der Waals surface area contributed by atoms with Crippen LogP contribution in [-0.4, -0.2) is 68.1 Å². The molecule has 2 aliphatic rings. The highest BCUT2D eigenvalue weighted by atomic mass is 32.2. The van der Waals surface area contributed by atoms with E-state index in [1.807, 2.05) is 0 Å². The number of sulfone groups is 1. The van der Waals surface area contributed by atoms with E-state index in [0.717, 1.165) is 25.9 Å². The van der Waals surface area contributed by atoms with Gasteiger partial charge in [-0.1, -0.05) is 5.92 Å². The van der Waals surface area contributed by atoms with E-state index >= 15 is 0 Å². The number of hydroxylamine groups is 1. The number of hydrogen-bond acceptors (Lipinski definition) is 7. The van der Waals surface area contributed by atoms with Crippen LogP contribution in [0.4, 0.5) is 0 Å². The Morgan fingerprint density at radius 1 is 1.28 bits per heavy atom. The van der Waals surface area contributed by atoms with E-state index < -0.39 is 20.5 Å². The summed E-state index contributed by atoms with van der Waals surface area (Å²) >= 11 is 0. The van der Waals surface area contributed by atoms with Crippen molar-refractivity contribution in [1.82, 2.24) is 10.4 Å². The molecule has 2 saturated heterocycles. The highest BCUT2D eigenvalue weighted by molar-refractivity contribution is 7.93. The first-order valence-electron chi connectivity index (χ1n) is 9.62. The minimum absolute atomic E-state index is 0.0131. The number of ether oxygens (including phenoxy) is 2. The number of carbonyl (C=O) groups is 1. The highest BCUT2D eigenvalue weighted by Crippen LogP contribution is 2.36. The molecule has 29 heavy (non-hydrogen) atoms. The Kier molecular flexibility index (Phi) is 6.80. The van der Waals surface area contributed by atoms with Gasteiger partial charge in [-0.25, -0.2) is 13.9 Å². The van der Waals surface area contributed by atoms with E-state index in [9.17, 15) is 13.2 Å². The van der Waals surface area contributed by atoms with E-state index in [1.54, 1.807) is 12.1 Å². The third kappa shape index (κ3) is 4.41. The highest BCUT2D eigenvalue weighted by Gasteiger charge is 2.52. The molecule has 0 bridgehead atoms. The van der Waals surface area contributed by atoms with Crippen LogP contribution in [-0.2, 0) is 19.4 Å². The summed E-state index contributed by atoms with van der Waals surface area (Å²) in [6.07, 6.45) is 7.05. The van der Waals surface area contributed by atoms with Crippen LogP contribution in [0.5, 0.6) is 5.75 Å². The predicted octanol–water partition coefficient (Wildman–Crippen LogP) is 0.991. The number of amides is 1. The Hall–Kier alpha value is -2.12. The lowest BCUT2D eigenvalue weighted by Gasteiger charge is -2.34. The van der Waals surface area contributed by atoms with Gasteiger partial charge in [0.05, 0.1) is 11.4 Å². The van der Waals surface area contributed by atoms with Crippen molar-refractivity contribution in [3.63, 3.8) is 0 Å². The first-order chi connectivity index (χ1) is 13.9. The fourth-order valence-corrected chi connectivity index (χ4v) is 5.79. The minimum atomic E-state index is -4.03. The van der Waals surface area contributed by atoms with Crippen molar-refractivity contribution in [2.75, 3.05) is 32.8 Å². The molecule has 0 spiro atoms. The minimum Gasteiger partial charge on any atom is -0.490 e. The normalized spacial score (nSPS) is 20.6. The number of rotatable bonds is 6. The number of likely N-dealkylation sites (tertiary alicyclic amines) is 1. The molecule has 0 unspecified atom stereocenters. The van der Waals surface area contributed by atoms with Gasteiger partial charge < -0.3 is 9.47 Å². The van der Waals surface area contributed by atoms with E-state index in [1.165, 1.54) is 17.6 Å². The molecule has 1 aromatic carbocycles. The molecule has 8 nitrogen and oxygen atoms in total. The lowest BCUT2D eigenvalue weighted by Crippen LogP contribution is -2.54. The summed E-state index contributed by atoms with van der Waals surface area (Å²) in [5, 5.41) is 9.10. The second-order valence-electron chi connectivity index (χ2n) is 7.32. The topological polar surface area (TPSA) is 105 Å². The van der Waals surface area contributed by atoms with Crippen LogP contribution in [0.2, 0.25) is 0 Å². The molecule has 158 valence electrons. The lowest BCUT2D eigenvalue weighted by molar-refractivity contribution is -0.134. The Balaban J connectivity index is 1.72. The van der Waals surface area contributed by atoms with Gasteiger partial charge >= 0.3 is 0 Å². The summed E-state index contributed by atoms with van der Waals surface area (Å²) in [4.78, 5) is 14.5. The van der Waals surface area contributed by atoms with Crippen molar-refractivity contribution >= 4 is 15.7 Å². The molecule has 2 N–H and O–H groups in total. The number of carbonyl (C=O) groups excluding carboxylic acids is 1. The Labute approximate surface area is 171 Å². The fraction of sp³-hybridized carbons (Fsp3) is 0.550. The molecule has 1 aromatic rings. The maximum atomic E-state index is 13.2. The Morgan fingerprint density at radius 2 is 1.90 bits per heavy atom. The largest absolute Gasteiger partial charge is 0.490 e. The van der Waals surface area contributed by atoms with E-state index in [4.69, 9.17) is 21.1 Å². The molecule has 9 heteroatoms. The maximum Gasteiger partial charge on any atom is 0.265 e. The molecule has 2 fully saturated rings. The van der Waals surface area contributed by atoms with Crippen molar-refractivity contribution in [3.05, 3.63) is 24.3 Å². The summed E-state index contributed by atoms with van der Waals surface area (Å²) in [6.45, 7) is 2.62. The smallest absolute Gasteiger partial charge is 0.265 e. The van der Waals surface area contributed by atoms with Crippen molar-refractivity contribution in [2.24, 2.45) is 0 Å². The Bertz CT molecular complexity index is 848. The third-order valence-electron chi connectivity index (χ3n) is 5.62. The molecule has 0 saturated carbocycles. The van der Waals surface area contributed by atoms with Crippen LogP contribution in [0.25, 0.3) is 0 Å². The molecule has 2 aliphatic heterocycles. The third-order valence-corrected chi connectivity index (χ3v) is 8.13. The number of piperidine rings is 1. The van der Waals surface area contributed by atoms with Gasteiger partial charge in [-0.15, -0.1) is 6.42 Å². The van der Waals surface area contributed by atoms with E-state index in [-0.39, 0.29) is 37.1 Å². The van der Waals surface area contributed by atoms with Crippen LogP contribution in [0, 0.1) is 12.3 Å². The zero-order valence-corrected chi connectivity index (χ0v) is 17.0. The molecule has 1 amide bonds. The second kappa shape index (κ2) is 9.13. The van der Waals surface area contributed by atoms with Crippen molar-refractivity contribution in [2.45, 2.75) is 41.4 Å². The molecule has 0 radical (unpaired) electrons. The summed E-state index contributed by atoms with van der Waals surface area (Å²) < 4.78 is 35.9. The second-order valence-corrected chi connectivity index (χ2v) is 9.58. The predicted molar refractivity (Wildman–Crippen MR) is 105 cm³/mol. The van der Waals surface area contributed by atoms with Crippen LogP contribution >= 0.6 is 0 Å². The zero-order chi connectivity index (χ0) is 20.9. The molecule has 0 aromatic heterocycles. The van der Waals surface area contributed by atoms with Gasteiger partial charge in [-0.3, -0.25) is 14.9 Å². The molecular formula is C20H26N2O6S. The molecular weight excluding hydrogens is 396 g/mol. The molecule has 3 rings (SSSR count). The van der Waals surface area contributed by atoms with Gasteiger partial charge in [0.2, 0.25) is 0 Å². The van der Waals surface area contributed by atoms with Crippen molar-refractivity contribution in [3.8, 4) is 18.1 Å². The zero-order valence-electron chi connectivity index (χ0n) is 16.2. The van der Waals surface area contributed by atoms with Crippen LogP contribution in [0.15, 0.2) is 29.2 Å². The number of benzene rings is 1. The monoisotopic (exact) mass is 422 g/mol. The van der Waals surface area contributed by atoms with Crippen LogP contribution < -0.4 is 10.2 Å². The first kappa shape index (κ1) is 21.6. The van der Waals surface area contributed by atoms with Crippen molar-refractivity contribution in [1.29, 1.82) is 0 Å². The Morgan fingerprint density at radius 3 is 2.45 bits per heavy atom. The van der Waals surface area contributed by atoms with Crippen LogP contribution in [0.3, 0.4) is 0 Å². The summed E-state index contributed by atoms with van der Waals surface area (Å²) in [6, 6.07) is 6.09. The average Bonchev–Trinajstić information content (AvgIpc) is 2.75. The molecule has 0 atom stereocenters. The number of terminal acetylenes is 1. The van der Waals surface area contributed by atoms with Gasteiger partial charge in [-0.05, 0) is 49.9 Å². The van der Waals surface area contributed by atoms with E-state index in [2.05, 4.69) is 10.8 Å². The quantitative estimate of drug-likeness (QED) is 0.400. The van der Waals surface area contributed by atoms with E-state index in [0.29, 0.717) is 12.3 Å². The van der Waals surface area contributed by atoms with Gasteiger partial charge in [0, 0.05) is 26.3 Å². The number of nitrogens with zero attached hydrogens (tertiary/aromatic N) is 1. The molecule has 0 aliphatic carbocycles. The average molecular weight is 423 g/mol. The number of nitrogens with one attached hydrogen (secondary N) is 1. The summed E-state index contributed by atoms with van der Waals surface area (Å²) in [5.41, 5.74) is 1.51.